The summed E-state index contributed by atoms with van der Waals surface area (Å²) in [6.07, 6.45) is 1.26. The quantitative estimate of drug-likeness (QED) is 0.872. The van der Waals surface area contributed by atoms with Gasteiger partial charge >= 0.3 is 0 Å². The van der Waals surface area contributed by atoms with Gasteiger partial charge in [-0.05, 0) is 42.7 Å². The van der Waals surface area contributed by atoms with Gasteiger partial charge < -0.3 is 5.32 Å². The normalized spacial score (nSPS) is 18.4. The van der Waals surface area contributed by atoms with E-state index in [4.69, 9.17) is 0 Å². The Morgan fingerprint density at radius 2 is 1.81 bits per heavy atom. The highest BCUT2D eigenvalue weighted by atomic mass is 32.2. The van der Waals surface area contributed by atoms with Gasteiger partial charge in [-0.1, -0.05) is 30.3 Å². The van der Waals surface area contributed by atoms with Crippen molar-refractivity contribution < 1.29 is 17.6 Å². The molecule has 5 nitrogen and oxygen atoms in total. The zero-order chi connectivity index (χ0) is 18.6. The lowest BCUT2D eigenvalue weighted by atomic mass is 9.99. The molecule has 2 aromatic rings. The van der Waals surface area contributed by atoms with Crippen molar-refractivity contribution in [3.05, 3.63) is 66.0 Å². The Labute approximate surface area is 152 Å². The summed E-state index contributed by atoms with van der Waals surface area (Å²) in [5.74, 6) is -1.02. The van der Waals surface area contributed by atoms with E-state index in [0.29, 0.717) is 25.9 Å². The van der Waals surface area contributed by atoms with Crippen LogP contribution in [0.4, 0.5) is 4.39 Å². The van der Waals surface area contributed by atoms with E-state index in [1.807, 2.05) is 30.3 Å². The van der Waals surface area contributed by atoms with E-state index >= 15 is 0 Å². The minimum absolute atomic E-state index is 0.0456. The van der Waals surface area contributed by atoms with Gasteiger partial charge in [0.15, 0.2) is 0 Å². The van der Waals surface area contributed by atoms with Gasteiger partial charge in [-0.2, -0.15) is 4.31 Å². The standard InChI is InChI=1S/C19H21FN2O3S/c20-17-8-10-18(11-9-17)26(24,25)22-12-4-7-16(14-22)19(23)21-13-15-5-2-1-3-6-15/h1-3,5-6,8-11,16H,4,7,12-14H2,(H,21,23)/t16-/m0/s1. The van der Waals surface area contributed by atoms with Gasteiger partial charge in [0.25, 0.3) is 0 Å². The van der Waals surface area contributed by atoms with Crippen LogP contribution in [0, 0.1) is 11.7 Å². The van der Waals surface area contributed by atoms with Crippen molar-refractivity contribution >= 4 is 15.9 Å². The van der Waals surface area contributed by atoms with Crippen LogP contribution in [0.5, 0.6) is 0 Å². The summed E-state index contributed by atoms with van der Waals surface area (Å²) in [6, 6.07) is 14.3. The average molecular weight is 376 g/mol. The van der Waals surface area contributed by atoms with Crippen LogP contribution < -0.4 is 5.32 Å². The lowest BCUT2D eigenvalue weighted by Gasteiger charge is -2.31. The second kappa shape index (κ2) is 7.97. The van der Waals surface area contributed by atoms with Gasteiger partial charge in [0.2, 0.25) is 15.9 Å². The Bertz CT molecular complexity index is 854. The van der Waals surface area contributed by atoms with Gasteiger partial charge in [-0.15, -0.1) is 0 Å². The van der Waals surface area contributed by atoms with E-state index < -0.39 is 15.8 Å². The van der Waals surface area contributed by atoms with E-state index in [2.05, 4.69) is 5.32 Å². The van der Waals surface area contributed by atoms with Gasteiger partial charge in [0.05, 0.1) is 10.8 Å². The maximum absolute atomic E-state index is 13.0. The smallest absolute Gasteiger partial charge is 0.243 e. The van der Waals surface area contributed by atoms with Crippen molar-refractivity contribution in [2.45, 2.75) is 24.3 Å². The summed E-state index contributed by atoms with van der Waals surface area (Å²) in [4.78, 5) is 12.5. The van der Waals surface area contributed by atoms with Crippen LogP contribution in [0.2, 0.25) is 0 Å². The number of carbonyl (C=O) groups excluding carboxylic acids is 1. The van der Waals surface area contributed by atoms with Crippen LogP contribution >= 0.6 is 0 Å². The van der Waals surface area contributed by atoms with Crippen molar-refractivity contribution in [1.29, 1.82) is 0 Å². The second-order valence-electron chi connectivity index (χ2n) is 6.36. The lowest BCUT2D eigenvalue weighted by Crippen LogP contribution is -2.45. The molecule has 0 spiro atoms. The molecule has 2 aromatic carbocycles. The molecule has 0 aliphatic carbocycles. The summed E-state index contributed by atoms with van der Waals surface area (Å²) in [5, 5.41) is 2.88. The van der Waals surface area contributed by atoms with Crippen molar-refractivity contribution in [1.82, 2.24) is 9.62 Å². The molecule has 1 heterocycles. The minimum atomic E-state index is -3.73. The summed E-state index contributed by atoms with van der Waals surface area (Å²) in [7, 11) is -3.73. The molecule has 0 saturated carbocycles. The van der Waals surface area contributed by atoms with Gasteiger partial charge in [0, 0.05) is 19.6 Å². The fourth-order valence-corrected chi connectivity index (χ4v) is 4.58. The molecule has 3 rings (SSSR count). The number of nitrogens with one attached hydrogen (secondary N) is 1. The third kappa shape index (κ3) is 4.28. The number of sulfonamides is 1. The van der Waals surface area contributed by atoms with Crippen LogP contribution in [0.3, 0.4) is 0 Å². The molecule has 0 bridgehead atoms. The zero-order valence-electron chi connectivity index (χ0n) is 14.3. The number of benzene rings is 2. The maximum Gasteiger partial charge on any atom is 0.243 e. The Hall–Kier alpha value is -2.25. The number of hydrogen-bond acceptors (Lipinski definition) is 3. The predicted molar refractivity (Wildman–Crippen MR) is 96.2 cm³/mol. The first-order valence-electron chi connectivity index (χ1n) is 8.54. The lowest BCUT2D eigenvalue weighted by molar-refractivity contribution is -0.126. The van der Waals surface area contributed by atoms with E-state index in [1.165, 1.54) is 16.4 Å². The molecule has 1 fully saturated rings. The molecule has 1 saturated heterocycles. The van der Waals surface area contributed by atoms with Crippen molar-refractivity contribution in [3.63, 3.8) is 0 Å². The summed E-state index contributed by atoms with van der Waals surface area (Å²) >= 11 is 0. The molecule has 7 heteroatoms. The van der Waals surface area contributed by atoms with Crippen LogP contribution in [0.1, 0.15) is 18.4 Å². The Kier molecular flexibility index (Phi) is 5.68. The third-order valence-corrected chi connectivity index (χ3v) is 6.40. The molecule has 138 valence electrons. The molecule has 1 N–H and O–H groups in total. The molecule has 1 amide bonds. The van der Waals surface area contributed by atoms with E-state index in [9.17, 15) is 17.6 Å². The monoisotopic (exact) mass is 376 g/mol. The summed E-state index contributed by atoms with van der Waals surface area (Å²) < 4.78 is 39.8. The van der Waals surface area contributed by atoms with Crippen molar-refractivity contribution in [3.8, 4) is 0 Å². The molecule has 0 aromatic heterocycles. The van der Waals surface area contributed by atoms with Gasteiger partial charge in [0.1, 0.15) is 5.82 Å². The fraction of sp³-hybridized carbons (Fsp3) is 0.316. The predicted octanol–water partition coefficient (Wildman–Crippen LogP) is 2.54. The number of nitrogens with zero attached hydrogens (tertiary/aromatic N) is 1. The summed E-state index contributed by atoms with van der Waals surface area (Å²) in [6.45, 7) is 0.920. The number of piperidine rings is 1. The molecule has 0 radical (unpaired) electrons. The highest BCUT2D eigenvalue weighted by Gasteiger charge is 2.33. The van der Waals surface area contributed by atoms with Crippen molar-refractivity contribution in [2.24, 2.45) is 5.92 Å². The highest BCUT2D eigenvalue weighted by Crippen LogP contribution is 2.24. The first-order chi connectivity index (χ1) is 12.5. The molecular weight excluding hydrogens is 355 g/mol. The topological polar surface area (TPSA) is 66.5 Å². The van der Waals surface area contributed by atoms with Gasteiger partial charge in [-0.25, -0.2) is 12.8 Å². The maximum atomic E-state index is 13.0. The van der Waals surface area contributed by atoms with E-state index in [0.717, 1.165) is 17.7 Å². The number of carbonyl (C=O) groups is 1. The first-order valence-corrected chi connectivity index (χ1v) is 9.98. The molecule has 0 unspecified atom stereocenters. The SMILES string of the molecule is O=C(NCc1ccccc1)[C@H]1CCCN(S(=O)(=O)c2ccc(F)cc2)C1. The highest BCUT2D eigenvalue weighted by molar-refractivity contribution is 7.89. The molecule has 1 aliphatic rings. The Morgan fingerprint density at radius 1 is 1.12 bits per heavy atom. The van der Waals surface area contributed by atoms with Crippen LogP contribution in [-0.2, 0) is 21.4 Å². The van der Waals surface area contributed by atoms with Crippen LogP contribution in [-0.4, -0.2) is 31.7 Å². The van der Waals surface area contributed by atoms with Gasteiger partial charge in [-0.3, -0.25) is 4.79 Å². The minimum Gasteiger partial charge on any atom is -0.352 e. The number of rotatable bonds is 5. The second-order valence-corrected chi connectivity index (χ2v) is 8.30. The zero-order valence-corrected chi connectivity index (χ0v) is 15.1. The Balaban J connectivity index is 1.64. The van der Waals surface area contributed by atoms with Crippen molar-refractivity contribution in [2.75, 3.05) is 13.1 Å². The largest absolute Gasteiger partial charge is 0.352 e. The van der Waals surface area contributed by atoms with Crippen LogP contribution in [0.15, 0.2) is 59.5 Å². The molecular formula is C19H21FN2O3S. The first kappa shape index (κ1) is 18.5. The molecule has 1 atom stereocenters. The average Bonchev–Trinajstić information content (AvgIpc) is 2.67. The fourth-order valence-electron chi connectivity index (χ4n) is 3.06. The number of amides is 1. The molecule has 26 heavy (non-hydrogen) atoms. The summed E-state index contributed by atoms with van der Waals surface area (Å²) in [5.41, 5.74) is 0.993. The third-order valence-electron chi connectivity index (χ3n) is 4.52. The Morgan fingerprint density at radius 3 is 2.50 bits per heavy atom. The van der Waals surface area contributed by atoms with E-state index in [1.54, 1.807) is 0 Å². The molecule has 1 aliphatic heterocycles. The number of halogens is 1. The van der Waals surface area contributed by atoms with E-state index in [-0.39, 0.29) is 23.3 Å². The number of hydrogen-bond donors (Lipinski definition) is 1. The van der Waals surface area contributed by atoms with Crippen LogP contribution in [0.25, 0.3) is 0 Å².